The summed E-state index contributed by atoms with van der Waals surface area (Å²) in [4.78, 5) is 29.6. The SMILES string of the molecule is COCCN(CCCc1ccccc1)C(=O)c1[nH]cc(-c2nn[nH]n2)c(=O)c1O. The molecule has 0 aliphatic rings. The van der Waals surface area contributed by atoms with Gasteiger partial charge in [0.1, 0.15) is 0 Å². The maximum Gasteiger partial charge on any atom is 0.274 e. The molecule has 10 nitrogen and oxygen atoms in total. The summed E-state index contributed by atoms with van der Waals surface area (Å²) in [6.45, 7) is 1.12. The summed E-state index contributed by atoms with van der Waals surface area (Å²) in [6.07, 6.45) is 2.82. The molecule has 3 N–H and O–H groups in total. The summed E-state index contributed by atoms with van der Waals surface area (Å²) in [5.74, 6) is -1.13. The fourth-order valence-electron chi connectivity index (χ4n) is 2.92. The Morgan fingerprint density at radius 3 is 2.72 bits per heavy atom. The third-order valence-corrected chi connectivity index (χ3v) is 4.45. The van der Waals surface area contributed by atoms with E-state index in [-0.39, 0.29) is 17.1 Å². The first kappa shape index (κ1) is 20.2. The Labute approximate surface area is 166 Å². The number of rotatable bonds is 9. The van der Waals surface area contributed by atoms with Gasteiger partial charge in [0, 0.05) is 26.4 Å². The van der Waals surface area contributed by atoms with E-state index < -0.39 is 17.1 Å². The molecule has 152 valence electrons. The lowest BCUT2D eigenvalue weighted by Crippen LogP contribution is -2.36. The maximum atomic E-state index is 13.0. The van der Waals surface area contributed by atoms with Crippen molar-refractivity contribution in [3.63, 3.8) is 0 Å². The van der Waals surface area contributed by atoms with E-state index >= 15 is 0 Å². The Bertz CT molecular complexity index is 988. The van der Waals surface area contributed by atoms with Crippen LogP contribution in [0.25, 0.3) is 11.4 Å². The molecule has 29 heavy (non-hydrogen) atoms. The lowest BCUT2D eigenvalue weighted by molar-refractivity contribution is 0.0684. The summed E-state index contributed by atoms with van der Waals surface area (Å²) >= 11 is 0. The van der Waals surface area contributed by atoms with Gasteiger partial charge in [0.25, 0.3) is 5.91 Å². The van der Waals surface area contributed by atoms with Gasteiger partial charge in [-0.15, -0.1) is 10.2 Å². The average Bonchev–Trinajstić information content (AvgIpc) is 3.27. The van der Waals surface area contributed by atoms with Gasteiger partial charge in [-0.2, -0.15) is 5.21 Å². The van der Waals surface area contributed by atoms with E-state index in [1.54, 1.807) is 12.0 Å². The number of tetrazole rings is 1. The molecule has 0 saturated carbocycles. The average molecular weight is 398 g/mol. The number of aromatic hydroxyl groups is 1. The van der Waals surface area contributed by atoms with Crippen molar-refractivity contribution < 1.29 is 14.6 Å². The number of carbonyl (C=O) groups is 1. The summed E-state index contributed by atoms with van der Waals surface area (Å²) in [5.41, 5.74) is 0.259. The molecule has 10 heteroatoms. The number of benzene rings is 1. The van der Waals surface area contributed by atoms with Crippen LogP contribution in [0.5, 0.6) is 5.75 Å². The van der Waals surface area contributed by atoms with Crippen LogP contribution in [0.1, 0.15) is 22.5 Å². The molecule has 0 fully saturated rings. The molecule has 3 rings (SSSR count). The molecular formula is C19H22N6O4. The second-order valence-corrected chi connectivity index (χ2v) is 6.36. The zero-order valence-electron chi connectivity index (χ0n) is 16.0. The molecule has 0 spiro atoms. The second kappa shape index (κ2) is 9.60. The molecular weight excluding hydrogens is 376 g/mol. The molecule has 0 bridgehead atoms. The predicted octanol–water partition coefficient (Wildman–Crippen LogP) is 0.982. The van der Waals surface area contributed by atoms with E-state index in [2.05, 4.69) is 25.6 Å². The monoisotopic (exact) mass is 398 g/mol. The summed E-state index contributed by atoms with van der Waals surface area (Å²) in [6, 6.07) is 9.95. The molecule has 0 aliphatic carbocycles. The number of pyridine rings is 1. The number of aromatic amines is 2. The van der Waals surface area contributed by atoms with Crippen molar-refractivity contribution in [3.8, 4) is 17.1 Å². The van der Waals surface area contributed by atoms with Crippen molar-refractivity contribution in [2.45, 2.75) is 12.8 Å². The van der Waals surface area contributed by atoms with E-state index in [1.807, 2.05) is 30.3 Å². The van der Waals surface area contributed by atoms with Crippen molar-refractivity contribution >= 4 is 5.91 Å². The number of nitrogens with one attached hydrogen (secondary N) is 2. The van der Waals surface area contributed by atoms with Crippen LogP contribution in [0.3, 0.4) is 0 Å². The number of nitrogens with zero attached hydrogens (tertiary/aromatic N) is 4. The highest BCUT2D eigenvalue weighted by atomic mass is 16.5. The van der Waals surface area contributed by atoms with Crippen LogP contribution in [-0.2, 0) is 11.2 Å². The quantitative estimate of drug-likeness (QED) is 0.488. The van der Waals surface area contributed by atoms with Crippen LogP contribution in [0.15, 0.2) is 41.3 Å². The Hall–Kier alpha value is -3.53. The molecule has 3 aromatic rings. The maximum absolute atomic E-state index is 13.0. The topological polar surface area (TPSA) is 137 Å². The van der Waals surface area contributed by atoms with Crippen molar-refractivity contribution in [1.29, 1.82) is 0 Å². The zero-order chi connectivity index (χ0) is 20.6. The van der Waals surface area contributed by atoms with E-state index in [0.29, 0.717) is 19.7 Å². The van der Waals surface area contributed by atoms with Gasteiger partial charge in [-0.25, -0.2) is 0 Å². The van der Waals surface area contributed by atoms with Crippen molar-refractivity contribution in [1.82, 2.24) is 30.5 Å². The van der Waals surface area contributed by atoms with Crippen molar-refractivity contribution in [2.75, 3.05) is 26.8 Å². The van der Waals surface area contributed by atoms with Crippen molar-refractivity contribution in [3.05, 3.63) is 58.0 Å². The lowest BCUT2D eigenvalue weighted by Gasteiger charge is -2.22. The number of carbonyl (C=O) groups excluding carboxylic acids is 1. The van der Waals surface area contributed by atoms with Crippen LogP contribution < -0.4 is 5.43 Å². The van der Waals surface area contributed by atoms with Gasteiger partial charge in [0.15, 0.2) is 11.4 Å². The van der Waals surface area contributed by atoms with Crippen LogP contribution >= 0.6 is 0 Å². The van der Waals surface area contributed by atoms with E-state index in [1.165, 1.54) is 11.8 Å². The number of methoxy groups -OCH3 is 1. The zero-order valence-corrected chi connectivity index (χ0v) is 16.0. The smallest absolute Gasteiger partial charge is 0.274 e. The number of hydrogen-bond acceptors (Lipinski definition) is 7. The molecule has 2 aromatic heterocycles. The Balaban J connectivity index is 1.76. The Morgan fingerprint density at radius 2 is 2.03 bits per heavy atom. The first-order valence-electron chi connectivity index (χ1n) is 9.12. The van der Waals surface area contributed by atoms with Gasteiger partial charge in [-0.1, -0.05) is 30.3 Å². The van der Waals surface area contributed by atoms with Gasteiger partial charge in [0.2, 0.25) is 11.3 Å². The molecule has 0 saturated heterocycles. The van der Waals surface area contributed by atoms with Gasteiger partial charge >= 0.3 is 0 Å². The third kappa shape index (κ3) is 4.85. The fourth-order valence-corrected chi connectivity index (χ4v) is 2.92. The molecule has 2 heterocycles. The van der Waals surface area contributed by atoms with E-state index in [4.69, 9.17) is 4.74 Å². The third-order valence-electron chi connectivity index (χ3n) is 4.45. The molecule has 0 radical (unpaired) electrons. The number of aromatic nitrogens is 5. The number of aryl methyl sites for hydroxylation is 1. The number of H-pyrrole nitrogens is 2. The van der Waals surface area contributed by atoms with Gasteiger partial charge in [-0.3, -0.25) is 9.59 Å². The highest BCUT2D eigenvalue weighted by Gasteiger charge is 2.23. The first-order valence-corrected chi connectivity index (χ1v) is 9.12. The van der Waals surface area contributed by atoms with Crippen LogP contribution in [0.2, 0.25) is 0 Å². The number of hydrogen-bond donors (Lipinski definition) is 3. The highest BCUT2D eigenvalue weighted by Crippen LogP contribution is 2.17. The predicted molar refractivity (Wildman–Crippen MR) is 104 cm³/mol. The molecule has 1 aromatic carbocycles. The van der Waals surface area contributed by atoms with E-state index in [9.17, 15) is 14.7 Å². The normalized spacial score (nSPS) is 10.8. The van der Waals surface area contributed by atoms with Crippen LogP contribution in [-0.4, -0.2) is 68.3 Å². The minimum absolute atomic E-state index is 0.0142. The van der Waals surface area contributed by atoms with E-state index in [0.717, 1.165) is 12.8 Å². The van der Waals surface area contributed by atoms with Crippen LogP contribution in [0.4, 0.5) is 0 Å². The Morgan fingerprint density at radius 1 is 1.24 bits per heavy atom. The highest BCUT2D eigenvalue weighted by molar-refractivity contribution is 5.95. The van der Waals surface area contributed by atoms with Crippen LogP contribution in [0, 0.1) is 0 Å². The summed E-state index contributed by atoms with van der Waals surface area (Å²) in [5, 5.41) is 23.4. The largest absolute Gasteiger partial charge is 0.503 e. The van der Waals surface area contributed by atoms with Gasteiger partial charge < -0.3 is 19.7 Å². The standard InChI is InChI=1S/C19H22N6O4/c1-29-11-10-25(9-5-8-13-6-3-2-4-7-13)19(28)15-17(27)16(26)14(12-20-15)18-21-23-24-22-18/h2-4,6-7,12,27H,5,8-11H2,1H3,(H,20,26)(H,21,22,23,24). The molecule has 1 amide bonds. The van der Waals surface area contributed by atoms with Crippen molar-refractivity contribution in [2.24, 2.45) is 0 Å². The molecule has 0 atom stereocenters. The Kier molecular flexibility index (Phi) is 6.69. The number of ether oxygens (including phenoxy) is 1. The minimum Gasteiger partial charge on any atom is -0.503 e. The summed E-state index contributed by atoms with van der Waals surface area (Å²) in [7, 11) is 1.55. The molecule has 0 unspecified atom stereocenters. The first-order chi connectivity index (χ1) is 14.1. The van der Waals surface area contributed by atoms with Gasteiger partial charge in [0.05, 0.1) is 12.2 Å². The fraction of sp³-hybridized carbons (Fsp3) is 0.316. The van der Waals surface area contributed by atoms with Gasteiger partial charge in [-0.05, 0) is 23.6 Å². The second-order valence-electron chi connectivity index (χ2n) is 6.36. The molecule has 0 aliphatic heterocycles. The number of amides is 1. The minimum atomic E-state index is -0.746. The summed E-state index contributed by atoms with van der Waals surface area (Å²) < 4.78 is 5.09. The lowest BCUT2D eigenvalue weighted by atomic mass is 10.1.